The standard InChI is InChI=1S/C23H27N3O3/c1-2-29-21(27)14-24-23(28)25-15-19(16-25)26-13-12-17-8-6-7-11-20(17)22(26)18-9-4-3-5-10-18/h3-11,19,22H,2,12-16H2,1H3,(H,24,28). The quantitative estimate of drug-likeness (QED) is 0.794. The lowest BCUT2D eigenvalue weighted by Gasteiger charge is -2.50. The average molecular weight is 393 g/mol. The smallest absolute Gasteiger partial charge is 0.325 e. The van der Waals surface area contributed by atoms with Crippen LogP contribution in [0.1, 0.15) is 29.7 Å². The number of nitrogens with one attached hydrogen (secondary N) is 1. The van der Waals surface area contributed by atoms with Crippen LogP contribution in [0.4, 0.5) is 4.79 Å². The maximum absolute atomic E-state index is 12.3. The molecule has 2 heterocycles. The summed E-state index contributed by atoms with van der Waals surface area (Å²) in [4.78, 5) is 28.0. The fourth-order valence-electron chi connectivity index (χ4n) is 4.29. The van der Waals surface area contributed by atoms with E-state index in [1.807, 2.05) is 6.07 Å². The number of urea groups is 1. The first kappa shape index (κ1) is 19.5. The number of ether oxygens (including phenoxy) is 1. The minimum atomic E-state index is -0.408. The van der Waals surface area contributed by atoms with Crippen molar-refractivity contribution in [3.63, 3.8) is 0 Å². The molecule has 0 bridgehead atoms. The summed E-state index contributed by atoms with van der Waals surface area (Å²) in [5.41, 5.74) is 4.04. The van der Waals surface area contributed by atoms with Gasteiger partial charge in [-0.3, -0.25) is 9.69 Å². The maximum Gasteiger partial charge on any atom is 0.325 e. The van der Waals surface area contributed by atoms with E-state index in [9.17, 15) is 9.59 Å². The Morgan fingerprint density at radius 2 is 1.79 bits per heavy atom. The number of fused-ring (bicyclic) bond motifs is 1. The minimum Gasteiger partial charge on any atom is -0.465 e. The molecule has 6 heteroatoms. The molecule has 0 aromatic heterocycles. The molecule has 6 nitrogen and oxygen atoms in total. The number of hydrogen-bond donors (Lipinski definition) is 1. The van der Waals surface area contributed by atoms with Crippen molar-refractivity contribution in [3.8, 4) is 0 Å². The number of benzene rings is 2. The first-order chi connectivity index (χ1) is 14.2. The Morgan fingerprint density at radius 3 is 2.55 bits per heavy atom. The molecule has 1 unspecified atom stereocenters. The molecule has 4 rings (SSSR count). The van der Waals surface area contributed by atoms with Crippen molar-refractivity contribution in [3.05, 3.63) is 71.3 Å². The molecule has 2 aliphatic heterocycles. The predicted octanol–water partition coefficient (Wildman–Crippen LogP) is 2.59. The first-order valence-corrected chi connectivity index (χ1v) is 10.2. The SMILES string of the molecule is CCOC(=O)CNC(=O)N1CC(N2CCc3ccccc3C2c2ccccc2)C1. The van der Waals surface area contributed by atoms with Gasteiger partial charge in [0.15, 0.2) is 0 Å². The van der Waals surface area contributed by atoms with E-state index in [1.165, 1.54) is 16.7 Å². The molecular formula is C23H27N3O3. The molecule has 1 saturated heterocycles. The second kappa shape index (κ2) is 8.66. The molecule has 0 radical (unpaired) electrons. The lowest BCUT2D eigenvalue weighted by molar-refractivity contribution is -0.141. The Labute approximate surface area is 171 Å². The fraction of sp³-hybridized carbons (Fsp3) is 0.391. The highest BCUT2D eigenvalue weighted by atomic mass is 16.5. The van der Waals surface area contributed by atoms with Crippen molar-refractivity contribution in [2.24, 2.45) is 0 Å². The number of amides is 2. The normalized spacial score (nSPS) is 19.2. The highest BCUT2D eigenvalue weighted by Gasteiger charge is 2.40. The number of hydrogen-bond acceptors (Lipinski definition) is 4. The molecule has 2 aliphatic rings. The average Bonchev–Trinajstić information content (AvgIpc) is 2.72. The Hall–Kier alpha value is -2.86. The number of likely N-dealkylation sites (tertiary alicyclic amines) is 1. The van der Waals surface area contributed by atoms with Crippen molar-refractivity contribution in [2.75, 3.05) is 32.8 Å². The Bertz CT molecular complexity index is 865. The lowest BCUT2D eigenvalue weighted by Crippen LogP contribution is -2.64. The number of esters is 1. The molecule has 2 amide bonds. The highest BCUT2D eigenvalue weighted by Crippen LogP contribution is 2.37. The summed E-state index contributed by atoms with van der Waals surface area (Å²) in [5, 5.41) is 2.65. The second-order valence-electron chi connectivity index (χ2n) is 7.52. The van der Waals surface area contributed by atoms with Gasteiger partial charge in [0.2, 0.25) is 0 Å². The van der Waals surface area contributed by atoms with E-state index in [0.717, 1.165) is 13.0 Å². The van der Waals surface area contributed by atoms with E-state index in [0.29, 0.717) is 25.7 Å². The molecule has 0 aliphatic carbocycles. The zero-order chi connectivity index (χ0) is 20.2. The second-order valence-corrected chi connectivity index (χ2v) is 7.52. The van der Waals surface area contributed by atoms with Gasteiger partial charge in [-0.1, -0.05) is 54.6 Å². The topological polar surface area (TPSA) is 61.9 Å². The van der Waals surface area contributed by atoms with Gasteiger partial charge in [0.05, 0.1) is 12.6 Å². The largest absolute Gasteiger partial charge is 0.465 e. The Morgan fingerprint density at radius 1 is 1.07 bits per heavy atom. The van der Waals surface area contributed by atoms with Gasteiger partial charge in [0.25, 0.3) is 0 Å². The fourth-order valence-corrected chi connectivity index (χ4v) is 4.29. The van der Waals surface area contributed by atoms with Crippen LogP contribution in [0.2, 0.25) is 0 Å². The molecular weight excluding hydrogens is 366 g/mol. The number of nitrogens with zero attached hydrogens (tertiary/aromatic N) is 2. The predicted molar refractivity (Wildman–Crippen MR) is 111 cm³/mol. The van der Waals surface area contributed by atoms with E-state index in [2.05, 4.69) is 58.7 Å². The molecule has 2 aromatic carbocycles. The van der Waals surface area contributed by atoms with Gasteiger partial charge in [-0.25, -0.2) is 4.79 Å². The highest BCUT2D eigenvalue weighted by molar-refractivity contribution is 5.81. The number of carbonyl (C=O) groups is 2. The summed E-state index contributed by atoms with van der Waals surface area (Å²) in [6.45, 7) is 4.29. The van der Waals surface area contributed by atoms with Crippen LogP contribution < -0.4 is 5.32 Å². The van der Waals surface area contributed by atoms with Gasteiger partial charge in [0.1, 0.15) is 6.54 Å². The third kappa shape index (κ3) is 4.12. The molecule has 152 valence electrons. The van der Waals surface area contributed by atoms with Crippen LogP contribution in [0.3, 0.4) is 0 Å². The number of carbonyl (C=O) groups excluding carboxylic acids is 2. The van der Waals surface area contributed by atoms with Crippen molar-refractivity contribution in [2.45, 2.75) is 25.4 Å². The van der Waals surface area contributed by atoms with Crippen LogP contribution in [-0.2, 0) is 16.0 Å². The van der Waals surface area contributed by atoms with Crippen molar-refractivity contribution < 1.29 is 14.3 Å². The Kier molecular flexibility index (Phi) is 5.81. The molecule has 0 spiro atoms. The molecule has 2 aromatic rings. The van der Waals surface area contributed by atoms with Gasteiger partial charge in [0, 0.05) is 25.7 Å². The van der Waals surface area contributed by atoms with Crippen LogP contribution in [0.5, 0.6) is 0 Å². The zero-order valence-corrected chi connectivity index (χ0v) is 16.7. The lowest BCUT2D eigenvalue weighted by atomic mass is 9.86. The van der Waals surface area contributed by atoms with Gasteiger partial charge in [-0.05, 0) is 30.0 Å². The van der Waals surface area contributed by atoms with Crippen LogP contribution in [-0.4, -0.2) is 60.6 Å². The summed E-state index contributed by atoms with van der Waals surface area (Å²) in [6.07, 6.45) is 1.02. The summed E-state index contributed by atoms with van der Waals surface area (Å²) in [5.74, 6) is -0.408. The molecule has 1 atom stereocenters. The van der Waals surface area contributed by atoms with Crippen LogP contribution >= 0.6 is 0 Å². The maximum atomic E-state index is 12.3. The van der Waals surface area contributed by atoms with Crippen LogP contribution in [0.15, 0.2) is 54.6 Å². The summed E-state index contributed by atoms with van der Waals surface area (Å²) in [7, 11) is 0. The molecule has 29 heavy (non-hydrogen) atoms. The van der Waals surface area contributed by atoms with Gasteiger partial charge in [-0.2, -0.15) is 0 Å². The van der Waals surface area contributed by atoms with Gasteiger partial charge < -0.3 is 15.0 Å². The number of rotatable bonds is 5. The van der Waals surface area contributed by atoms with Gasteiger partial charge >= 0.3 is 12.0 Å². The van der Waals surface area contributed by atoms with E-state index in [4.69, 9.17) is 4.74 Å². The third-order valence-electron chi connectivity index (χ3n) is 5.74. The van der Waals surface area contributed by atoms with E-state index >= 15 is 0 Å². The van der Waals surface area contributed by atoms with E-state index in [1.54, 1.807) is 11.8 Å². The van der Waals surface area contributed by atoms with E-state index < -0.39 is 5.97 Å². The Balaban J connectivity index is 1.44. The summed E-state index contributed by atoms with van der Waals surface area (Å²) >= 11 is 0. The third-order valence-corrected chi connectivity index (χ3v) is 5.74. The van der Waals surface area contributed by atoms with Crippen LogP contribution in [0, 0.1) is 0 Å². The first-order valence-electron chi connectivity index (χ1n) is 10.2. The van der Waals surface area contributed by atoms with Crippen LogP contribution in [0.25, 0.3) is 0 Å². The minimum absolute atomic E-state index is 0.0857. The summed E-state index contributed by atoms with van der Waals surface area (Å²) < 4.78 is 4.86. The van der Waals surface area contributed by atoms with Crippen molar-refractivity contribution >= 4 is 12.0 Å². The van der Waals surface area contributed by atoms with Crippen molar-refractivity contribution in [1.29, 1.82) is 0 Å². The zero-order valence-electron chi connectivity index (χ0n) is 16.7. The van der Waals surface area contributed by atoms with E-state index in [-0.39, 0.29) is 18.6 Å². The van der Waals surface area contributed by atoms with Gasteiger partial charge in [-0.15, -0.1) is 0 Å². The monoisotopic (exact) mass is 393 g/mol. The molecule has 0 saturated carbocycles. The summed E-state index contributed by atoms with van der Waals surface area (Å²) in [6, 6.07) is 19.5. The molecule has 1 N–H and O–H groups in total. The molecule has 1 fully saturated rings. The van der Waals surface area contributed by atoms with Crippen molar-refractivity contribution in [1.82, 2.24) is 15.1 Å².